The third-order valence-electron chi connectivity index (χ3n) is 4.22. The predicted octanol–water partition coefficient (Wildman–Crippen LogP) is 1.52. The van der Waals surface area contributed by atoms with Crippen LogP contribution in [0.15, 0.2) is 0 Å². The van der Waals surface area contributed by atoms with E-state index < -0.39 is 37.3 Å². The molecule has 145 valence electrons. The summed E-state index contributed by atoms with van der Waals surface area (Å²) in [6, 6.07) is 0. The number of hydrogen-bond acceptors (Lipinski definition) is 6. The first-order valence-electron chi connectivity index (χ1n) is 9.27. The summed E-state index contributed by atoms with van der Waals surface area (Å²) in [4.78, 5) is 0. The molecule has 0 spiro atoms. The molecule has 0 amide bonds. The summed E-state index contributed by atoms with van der Waals surface area (Å²) in [5.74, 6) is 0. The van der Waals surface area contributed by atoms with Gasteiger partial charge in [-0.1, -0.05) is 78.1 Å². The number of hydrogen-bond donors (Lipinski definition) is 5. The van der Waals surface area contributed by atoms with E-state index in [1.165, 1.54) is 57.8 Å². The van der Waals surface area contributed by atoms with Gasteiger partial charge in [-0.2, -0.15) is 0 Å². The molecule has 0 saturated carbocycles. The summed E-state index contributed by atoms with van der Waals surface area (Å²) in [6.07, 6.45) is 6.84. The van der Waals surface area contributed by atoms with E-state index >= 15 is 0 Å². The van der Waals surface area contributed by atoms with E-state index in [1.807, 2.05) is 0 Å². The third kappa shape index (κ3) is 9.91. The van der Waals surface area contributed by atoms with Gasteiger partial charge < -0.3 is 30.3 Å². The molecule has 1 fully saturated rings. The van der Waals surface area contributed by atoms with Crippen molar-refractivity contribution >= 4 is 0 Å². The van der Waals surface area contributed by atoms with E-state index in [1.54, 1.807) is 0 Å². The fraction of sp³-hybridized carbons (Fsp3) is 0.944. The lowest BCUT2D eigenvalue weighted by Crippen LogP contribution is -2.58. The van der Waals surface area contributed by atoms with Gasteiger partial charge in [0.15, 0.2) is 6.29 Å². The summed E-state index contributed by atoms with van der Waals surface area (Å²) >= 11 is 0. The van der Waals surface area contributed by atoms with Crippen molar-refractivity contribution in [1.29, 1.82) is 0 Å². The molecule has 0 aromatic carbocycles. The first-order chi connectivity index (χ1) is 11.5. The van der Waals surface area contributed by atoms with Crippen molar-refractivity contribution in [3.8, 4) is 0 Å². The lowest BCUT2D eigenvalue weighted by molar-refractivity contribution is -0.286. The Morgan fingerprint density at radius 1 is 0.750 bits per heavy atom. The van der Waals surface area contributed by atoms with Gasteiger partial charge in [-0.25, -0.2) is 0 Å². The molecule has 6 heteroatoms. The summed E-state index contributed by atoms with van der Waals surface area (Å²) < 4.78 is 4.58. The number of rotatable bonds is 10. The van der Waals surface area contributed by atoms with Crippen LogP contribution >= 0.6 is 0 Å². The lowest BCUT2D eigenvalue weighted by Gasteiger charge is -2.37. The highest BCUT2D eigenvalue weighted by Crippen LogP contribution is 2.19. The fourth-order valence-corrected chi connectivity index (χ4v) is 2.57. The van der Waals surface area contributed by atoms with Crippen molar-refractivity contribution in [2.24, 2.45) is 0 Å². The fourth-order valence-electron chi connectivity index (χ4n) is 2.57. The van der Waals surface area contributed by atoms with E-state index in [0.717, 1.165) is 6.42 Å². The summed E-state index contributed by atoms with van der Waals surface area (Å²) in [5.41, 5.74) is 0. The molecule has 1 aliphatic heterocycles. The van der Waals surface area contributed by atoms with Crippen LogP contribution in [-0.2, 0) is 4.74 Å². The van der Waals surface area contributed by atoms with Crippen LogP contribution in [0.1, 0.15) is 71.1 Å². The normalized spacial score (nSPS) is 29.9. The van der Waals surface area contributed by atoms with Crippen molar-refractivity contribution in [1.82, 2.24) is 0 Å². The van der Waals surface area contributed by atoms with Crippen molar-refractivity contribution in [3.63, 3.8) is 0 Å². The van der Waals surface area contributed by atoms with Crippen LogP contribution in [0.5, 0.6) is 0 Å². The first kappa shape index (κ1) is 23.8. The van der Waals surface area contributed by atoms with E-state index in [-0.39, 0.29) is 0 Å². The Kier molecular flexibility index (Phi) is 14.9. The maximum absolute atomic E-state index is 9.12. The molecular weight excluding hydrogens is 312 g/mol. The second-order valence-corrected chi connectivity index (χ2v) is 6.40. The van der Waals surface area contributed by atoms with Crippen LogP contribution in [0.25, 0.3) is 0 Å². The van der Waals surface area contributed by atoms with E-state index in [4.69, 9.17) is 25.5 Å². The van der Waals surface area contributed by atoms with Crippen molar-refractivity contribution in [3.05, 3.63) is 6.92 Å². The highest BCUT2D eigenvalue weighted by molar-refractivity contribution is 4.87. The SMILES string of the molecule is OC[C@H]1O[C@@H](O)[C@H](O)[C@@H](O)[C@@H]1O.[CH2]CCCCCCCCCCC. The maximum Gasteiger partial charge on any atom is 0.184 e. The van der Waals surface area contributed by atoms with Gasteiger partial charge in [-0.15, -0.1) is 0 Å². The van der Waals surface area contributed by atoms with Crippen molar-refractivity contribution in [2.45, 2.75) is 102 Å². The van der Waals surface area contributed by atoms with Gasteiger partial charge in [0.25, 0.3) is 0 Å². The molecule has 1 aliphatic rings. The number of unbranched alkanes of at least 4 members (excludes halogenated alkanes) is 9. The van der Waals surface area contributed by atoms with Crippen LogP contribution in [0.2, 0.25) is 0 Å². The molecule has 6 nitrogen and oxygen atoms in total. The average Bonchev–Trinajstić information content (AvgIpc) is 2.59. The number of aliphatic hydroxyl groups is 5. The van der Waals surface area contributed by atoms with Gasteiger partial charge in [0.2, 0.25) is 0 Å². The van der Waals surface area contributed by atoms with Gasteiger partial charge in [-0.3, -0.25) is 0 Å². The molecule has 1 saturated heterocycles. The molecule has 0 aromatic heterocycles. The minimum Gasteiger partial charge on any atom is -0.394 e. The Bertz CT molecular complexity index is 261. The Morgan fingerprint density at radius 3 is 1.71 bits per heavy atom. The van der Waals surface area contributed by atoms with Crippen LogP contribution in [0, 0.1) is 6.92 Å². The molecule has 1 radical (unpaired) electrons. The Morgan fingerprint density at radius 2 is 1.25 bits per heavy atom. The predicted molar refractivity (Wildman–Crippen MR) is 93.2 cm³/mol. The van der Waals surface area contributed by atoms with Gasteiger partial charge in [0.05, 0.1) is 6.61 Å². The molecule has 1 heterocycles. The average molecular weight is 349 g/mol. The monoisotopic (exact) mass is 349 g/mol. The largest absolute Gasteiger partial charge is 0.394 e. The molecule has 5 atom stereocenters. The Hall–Kier alpha value is -0.240. The first-order valence-corrected chi connectivity index (χ1v) is 9.27. The van der Waals surface area contributed by atoms with Crippen LogP contribution in [-0.4, -0.2) is 62.8 Å². The van der Waals surface area contributed by atoms with E-state index in [0.29, 0.717) is 0 Å². The Labute approximate surface area is 146 Å². The second kappa shape index (κ2) is 15.0. The van der Waals surface area contributed by atoms with Crippen LogP contribution in [0.3, 0.4) is 0 Å². The standard InChI is InChI=1S/C12H25.C6H12O6/c1-3-5-7-9-11-12-10-8-6-4-2;7-1-2-3(8)4(9)5(10)6(11)12-2/h1,3-12H2,2H3;2-11H,1H2/t;2-,3-,4+,5-,6-/m.1/s1. The van der Waals surface area contributed by atoms with E-state index in [2.05, 4.69) is 18.6 Å². The molecule has 5 N–H and O–H groups in total. The number of ether oxygens (including phenoxy) is 1. The zero-order valence-corrected chi connectivity index (χ0v) is 15.0. The maximum atomic E-state index is 9.12. The third-order valence-corrected chi connectivity index (χ3v) is 4.22. The molecule has 0 unspecified atom stereocenters. The highest BCUT2D eigenvalue weighted by Gasteiger charge is 2.42. The minimum absolute atomic E-state index is 0.526. The summed E-state index contributed by atoms with van der Waals surface area (Å²) in [5, 5.41) is 44.7. The summed E-state index contributed by atoms with van der Waals surface area (Å²) in [6.45, 7) is 5.59. The zero-order chi connectivity index (χ0) is 18.4. The highest BCUT2D eigenvalue weighted by atomic mass is 16.6. The molecule has 24 heavy (non-hydrogen) atoms. The summed E-state index contributed by atoms with van der Waals surface area (Å²) in [7, 11) is 0. The smallest absolute Gasteiger partial charge is 0.184 e. The Balaban J connectivity index is 0.000000441. The van der Waals surface area contributed by atoms with Crippen molar-refractivity contribution in [2.75, 3.05) is 6.61 Å². The molecule has 1 rings (SSSR count). The van der Waals surface area contributed by atoms with Crippen molar-refractivity contribution < 1.29 is 30.3 Å². The van der Waals surface area contributed by atoms with Crippen LogP contribution in [0.4, 0.5) is 0 Å². The number of aliphatic hydroxyl groups excluding tert-OH is 5. The van der Waals surface area contributed by atoms with Gasteiger partial charge in [0.1, 0.15) is 24.4 Å². The quantitative estimate of drug-likeness (QED) is 0.383. The topological polar surface area (TPSA) is 110 Å². The second-order valence-electron chi connectivity index (χ2n) is 6.40. The zero-order valence-electron chi connectivity index (χ0n) is 15.0. The molecular formula is C18H37O6. The van der Waals surface area contributed by atoms with E-state index in [9.17, 15) is 0 Å². The van der Waals surface area contributed by atoms with Gasteiger partial charge in [0, 0.05) is 0 Å². The van der Waals surface area contributed by atoms with Gasteiger partial charge in [-0.05, 0) is 0 Å². The molecule has 0 aliphatic carbocycles. The lowest BCUT2D eigenvalue weighted by atomic mass is 10.00. The molecule has 0 aromatic rings. The van der Waals surface area contributed by atoms with Gasteiger partial charge >= 0.3 is 0 Å². The minimum atomic E-state index is -1.57. The molecule has 0 bridgehead atoms. The van der Waals surface area contributed by atoms with Crippen LogP contribution < -0.4 is 0 Å².